The number of hydrogen-bond donors (Lipinski definition) is 1. The van der Waals surface area contributed by atoms with Crippen molar-refractivity contribution >= 4 is 28.1 Å². The van der Waals surface area contributed by atoms with Crippen molar-refractivity contribution in [3.05, 3.63) is 52.0 Å². The van der Waals surface area contributed by atoms with Crippen LogP contribution < -0.4 is 19.6 Å². The van der Waals surface area contributed by atoms with Gasteiger partial charge in [0.25, 0.3) is 5.91 Å². The van der Waals surface area contributed by atoms with Crippen molar-refractivity contribution in [3.63, 3.8) is 0 Å². The fourth-order valence-electron chi connectivity index (χ4n) is 2.29. The molecule has 0 unspecified atom stereocenters. The highest BCUT2D eigenvalue weighted by Crippen LogP contribution is 2.28. The van der Waals surface area contributed by atoms with Crippen LogP contribution in [0.4, 0.5) is 0 Å². The Bertz CT molecular complexity index is 824. The molecule has 6 nitrogen and oxygen atoms in total. The number of aryl methyl sites for hydroxylation is 1. The summed E-state index contributed by atoms with van der Waals surface area (Å²) in [6, 6.07) is 11.1. The van der Waals surface area contributed by atoms with Gasteiger partial charge in [-0.2, -0.15) is 5.10 Å². The third kappa shape index (κ3) is 6.88. The quantitative estimate of drug-likeness (QED) is 0.330. The topological polar surface area (TPSA) is 69.2 Å². The van der Waals surface area contributed by atoms with Crippen LogP contribution in [0.2, 0.25) is 0 Å². The normalized spacial score (nSPS) is 10.7. The molecular formula is C21H25BrN2O4. The lowest BCUT2D eigenvalue weighted by Gasteiger charge is -2.10. The smallest absolute Gasteiger partial charge is 0.277 e. The highest BCUT2D eigenvalue weighted by Gasteiger charge is 2.06. The number of halogens is 1. The minimum atomic E-state index is -0.352. The molecule has 0 aliphatic heterocycles. The van der Waals surface area contributed by atoms with Crippen molar-refractivity contribution in [2.45, 2.75) is 26.7 Å². The second-order valence-corrected chi connectivity index (χ2v) is 6.98. The first-order chi connectivity index (χ1) is 13.5. The van der Waals surface area contributed by atoms with Gasteiger partial charge in [-0.3, -0.25) is 4.79 Å². The number of hydrogen-bond acceptors (Lipinski definition) is 5. The van der Waals surface area contributed by atoms with Crippen LogP contribution >= 0.6 is 15.9 Å². The SMILES string of the molecule is CCCCOc1ccc(/C=N/NC(=O)COc2ccc(C)cc2Br)cc1OC. The van der Waals surface area contributed by atoms with E-state index < -0.39 is 0 Å². The number of carbonyl (C=O) groups excluding carboxylic acids is 1. The summed E-state index contributed by atoms with van der Waals surface area (Å²) in [5.41, 5.74) is 4.33. The highest BCUT2D eigenvalue weighted by atomic mass is 79.9. The van der Waals surface area contributed by atoms with Gasteiger partial charge < -0.3 is 14.2 Å². The largest absolute Gasteiger partial charge is 0.493 e. The molecule has 2 aromatic carbocycles. The van der Waals surface area contributed by atoms with E-state index in [9.17, 15) is 4.79 Å². The summed E-state index contributed by atoms with van der Waals surface area (Å²) in [7, 11) is 1.59. The van der Waals surface area contributed by atoms with Gasteiger partial charge in [0, 0.05) is 0 Å². The van der Waals surface area contributed by atoms with Crippen molar-refractivity contribution in [1.82, 2.24) is 5.43 Å². The fraction of sp³-hybridized carbons (Fsp3) is 0.333. The van der Waals surface area contributed by atoms with Gasteiger partial charge in [-0.15, -0.1) is 0 Å². The first kappa shape index (κ1) is 21.8. The van der Waals surface area contributed by atoms with Gasteiger partial charge in [0.1, 0.15) is 5.75 Å². The van der Waals surface area contributed by atoms with Crippen LogP contribution in [0.5, 0.6) is 17.2 Å². The second kappa shape index (κ2) is 11.3. The Morgan fingerprint density at radius 3 is 2.64 bits per heavy atom. The zero-order chi connectivity index (χ0) is 20.4. The Balaban J connectivity index is 1.86. The number of carbonyl (C=O) groups is 1. The van der Waals surface area contributed by atoms with Gasteiger partial charge >= 0.3 is 0 Å². The van der Waals surface area contributed by atoms with Crippen molar-refractivity contribution in [2.24, 2.45) is 5.10 Å². The number of amides is 1. The number of benzene rings is 2. The van der Waals surface area contributed by atoms with E-state index in [-0.39, 0.29) is 12.5 Å². The molecule has 0 atom stereocenters. The summed E-state index contributed by atoms with van der Waals surface area (Å²) in [4.78, 5) is 11.9. The summed E-state index contributed by atoms with van der Waals surface area (Å²) < 4.78 is 17.3. The molecule has 0 saturated heterocycles. The molecule has 0 bridgehead atoms. The van der Waals surface area contributed by atoms with Gasteiger partial charge in [0.15, 0.2) is 18.1 Å². The Morgan fingerprint density at radius 1 is 1.14 bits per heavy atom. The molecule has 0 aromatic heterocycles. The molecule has 0 saturated carbocycles. The van der Waals surface area contributed by atoms with Crippen LogP contribution in [0.15, 0.2) is 46.0 Å². The first-order valence-corrected chi connectivity index (χ1v) is 9.84. The van der Waals surface area contributed by atoms with Crippen molar-refractivity contribution in [2.75, 3.05) is 20.3 Å². The second-order valence-electron chi connectivity index (χ2n) is 6.13. The predicted molar refractivity (Wildman–Crippen MR) is 114 cm³/mol. The highest BCUT2D eigenvalue weighted by molar-refractivity contribution is 9.10. The average Bonchev–Trinajstić information content (AvgIpc) is 2.68. The van der Waals surface area contributed by atoms with Crippen LogP contribution in [-0.4, -0.2) is 32.4 Å². The van der Waals surface area contributed by atoms with Crippen LogP contribution in [-0.2, 0) is 4.79 Å². The standard InChI is InChI=1S/C21H25BrN2O4/c1-4-5-10-27-19-9-7-16(12-20(19)26-3)13-23-24-21(25)14-28-18-8-6-15(2)11-17(18)22/h6-9,11-13H,4-5,10,14H2,1-3H3,(H,24,25)/b23-13+. The van der Waals surface area contributed by atoms with E-state index in [4.69, 9.17) is 14.2 Å². The lowest BCUT2D eigenvalue weighted by Crippen LogP contribution is -2.24. The van der Waals surface area contributed by atoms with Crippen LogP contribution in [0, 0.1) is 6.92 Å². The Kier molecular flexibility index (Phi) is 8.81. The zero-order valence-corrected chi connectivity index (χ0v) is 17.9. The maximum atomic E-state index is 11.9. The number of unbranched alkanes of at least 4 members (excludes halogenated alkanes) is 1. The molecule has 0 aliphatic carbocycles. The van der Waals surface area contributed by atoms with Crippen LogP contribution in [0.1, 0.15) is 30.9 Å². The lowest BCUT2D eigenvalue weighted by molar-refractivity contribution is -0.123. The maximum Gasteiger partial charge on any atom is 0.277 e. The molecule has 2 aromatic rings. The number of rotatable bonds is 10. The minimum Gasteiger partial charge on any atom is -0.493 e. The summed E-state index contributed by atoms with van der Waals surface area (Å²) in [5, 5.41) is 3.96. The molecule has 2 rings (SSSR count). The van der Waals surface area contributed by atoms with Gasteiger partial charge in [-0.1, -0.05) is 19.4 Å². The Hall–Kier alpha value is -2.54. The maximum absolute atomic E-state index is 11.9. The van der Waals surface area contributed by atoms with Crippen LogP contribution in [0.25, 0.3) is 0 Å². The predicted octanol–water partition coefficient (Wildman–Crippen LogP) is 4.47. The van der Waals surface area contributed by atoms with Gasteiger partial charge in [0.05, 0.1) is 24.4 Å². The summed E-state index contributed by atoms with van der Waals surface area (Å²) in [5.74, 6) is 1.57. The van der Waals surface area contributed by atoms with Gasteiger partial charge in [-0.05, 0) is 70.7 Å². The molecule has 0 fully saturated rings. The molecule has 0 aliphatic rings. The molecular weight excluding hydrogens is 424 g/mol. The molecule has 1 amide bonds. The molecule has 7 heteroatoms. The van der Waals surface area contributed by atoms with Gasteiger partial charge in [-0.25, -0.2) is 5.43 Å². The fourth-order valence-corrected chi connectivity index (χ4v) is 2.90. The third-order valence-corrected chi connectivity index (χ3v) is 4.41. The van der Waals surface area contributed by atoms with E-state index in [1.165, 1.54) is 6.21 Å². The van der Waals surface area contributed by atoms with E-state index in [1.54, 1.807) is 13.2 Å². The van der Waals surface area contributed by atoms with E-state index >= 15 is 0 Å². The Morgan fingerprint density at radius 2 is 1.93 bits per heavy atom. The molecule has 0 spiro atoms. The lowest BCUT2D eigenvalue weighted by atomic mass is 10.2. The average molecular weight is 449 g/mol. The van der Waals surface area contributed by atoms with E-state index in [1.807, 2.05) is 37.3 Å². The zero-order valence-electron chi connectivity index (χ0n) is 16.3. The van der Waals surface area contributed by atoms with Crippen molar-refractivity contribution < 1.29 is 19.0 Å². The summed E-state index contributed by atoms with van der Waals surface area (Å²) in [6.45, 7) is 4.61. The molecule has 150 valence electrons. The first-order valence-electron chi connectivity index (χ1n) is 9.05. The van der Waals surface area contributed by atoms with Crippen LogP contribution in [0.3, 0.4) is 0 Å². The molecule has 0 heterocycles. The third-order valence-electron chi connectivity index (χ3n) is 3.79. The number of hydrazone groups is 1. The number of nitrogens with one attached hydrogen (secondary N) is 1. The van der Waals surface area contributed by atoms with E-state index in [2.05, 4.69) is 33.4 Å². The summed E-state index contributed by atoms with van der Waals surface area (Å²) >= 11 is 3.41. The number of ether oxygens (including phenoxy) is 3. The summed E-state index contributed by atoms with van der Waals surface area (Å²) in [6.07, 6.45) is 3.59. The van der Waals surface area contributed by atoms with E-state index in [0.717, 1.165) is 28.4 Å². The molecule has 0 radical (unpaired) electrons. The van der Waals surface area contributed by atoms with Crippen molar-refractivity contribution in [3.8, 4) is 17.2 Å². The minimum absolute atomic E-state index is 0.132. The molecule has 28 heavy (non-hydrogen) atoms. The monoisotopic (exact) mass is 448 g/mol. The van der Waals surface area contributed by atoms with Crippen molar-refractivity contribution in [1.29, 1.82) is 0 Å². The molecule has 1 N–H and O–H groups in total. The number of nitrogens with zero attached hydrogens (tertiary/aromatic N) is 1. The van der Waals surface area contributed by atoms with E-state index in [0.29, 0.717) is 23.9 Å². The number of methoxy groups -OCH3 is 1. The van der Waals surface area contributed by atoms with Gasteiger partial charge in [0.2, 0.25) is 0 Å². The Labute approximate surface area is 174 Å².